The van der Waals surface area contributed by atoms with Crippen LogP contribution < -0.4 is 10.6 Å². The number of carbonyl (C=O) groups is 1. The first-order valence-electron chi connectivity index (χ1n) is 20.1. The Morgan fingerprint density at radius 2 is 1.80 bits per heavy atom. The first-order chi connectivity index (χ1) is 26.9. The van der Waals surface area contributed by atoms with Gasteiger partial charge in [0.05, 0.1) is 33.9 Å². The van der Waals surface area contributed by atoms with Crippen LogP contribution in [0.4, 0.5) is 18.7 Å². The highest BCUT2D eigenvalue weighted by atomic mass is 32.2. The highest BCUT2D eigenvalue weighted by Gasteiger charge is 2.48. The van der Waals surface area contributed by atoms with Crippen LogP contribution in [0.15, 0.2) is 41.3 Å². The molecule has 0 spiro atoms. The number of piperidine rings is 1. The number of carbonyl (C=O) groups excluding carboxylic acids is 1. The fourth-order valence-electron chi connectivity index (χ4n) is 9.17. The van der Waals surface area contributed by atoms with E-state index in [2.05, 4.69) is 15.5 Å². The van der Waals surface area contributed by atoms with Crippen molar-refractivity contribution in [3.8, 4) is 0 Å². The summed E-state index contributed by atoms with van der Waals surface area (Å²) in [6.07, 6.45) is 4.68. The number of alkyl carbamates (subject to hydrolysis) is 1. The number of benzene rings is 2. The summed E-state index contributed by atoms with van der Waals surface area (Å²) in [6.45, 7) is 6.21. The first-order valence-corrected chi connectivity index (χ1v) is 22.3. The summed E-state index contributed by atoms with van der Waals surface area (Å²) < 4.78 is 70.5. The Labute approximate surface area is 332 Å². The molecular weight excluding hydrogens is 765 g/mol. The van der Waals surface area contributed by atoms with Crippen LogP contribution in [0, 0.1) is 35.3 Å². The minimum atomic E-state index is -4.18. The molecule has 0 radical (unpaired) electrons. The number of thiazole rings is 1. The molecule has 2 saturated carbocycles. The highest BCUT2D eigenvalue weighted by Crippen LogP contribution is 2.42. The van der Waals surface area contributed by atoms with E-state index in [1.54, 1.807) is 12.1 Å². The molecule has 2 aromatic carbocycles. The summed E-state index contributed by atoms with van der Waals surface area (Å²) in [5.41, 5.74) is 0.837. The van der Waals surface area contributed by atoms with Crippen molar-refractivity contribution in [2.75, 3.05) is 51.3 Å². The zero-order chi connectivity index (χ0) is 39.6. The highest BCUT2D eigenvalue weighted by molar-refractivity contribution is 7.89. The molecular formula is C40H55F2N5O7S2. The van der Waals surface area contributed by atoms with E-state index < -0.39 is 52.5 Å². The quantitative estimate of drug-likeness (QED) is 0.157. The normalized spacial score (nSPS) is 24.9. The Morgan fingerprint density at radius 3 is 2.50 bits per heavy atom. The summed E-state index contributed by atoms with van der Waals surface area (Å²) in [5.74, 6) is -2.02. The molecule has 7 rings (SSSR count). The number of fused-ring (bicyclic) bond motifs is 2. The van der Waals surface area contributed by atoms with Gasteiger partial charge in [-0.05, 0) is 86.3 Å². The van der Waals surface area contributed by atoms with Crippen molar-refractivity contribution < 1.29 is 41.7 Å². The molecule has 1 amide bonds. The van der Waals surface area contributed by atoms with E-state index in [9.17, 15) is 32.2 Å². The number of hydrogen-bond acceptors (Lipinski definition) is 11. The molecule has 4 aliphatic rings. The molecule has 6 atom stereocenters. The van der Waals surface area contributed by atoms with Crippen molar-refractivity contribution in [3.05, 3.63) is 53.6 Å². The fourth-order valence-corrected chi connectivity index (χ4v) is 11.9. The first kappa shape index (κ1) is 41.2. The summed E-state index contributed by atoms with van der Waals surface area (Å²) in [7, 11) is -4.18. The number of rotatable bonds is 15. The number of hydrogen-bond donors (Lipinski definition) is 4. The smallest absolute Gasteiger partial charge is 0.407 e. The number of sulfonamides is 1. The maximum atomic E-state index is 14.3. The molecule has 1 aromatic heterocycles. The topological polar surface area (TPSA) is 154 Å². The minimum Gasteiger partial charge on any atom is -0.445 e. The van der Waals surface area contributed by atoms with E-state index in [1.807, 2.05) is 13.8 Å². The Balaban J connectivity index is 1.06. The number of amides is 1. The van der Waals surface area contributed by atoms with Crippen molar-refractivity contribution in [3.63, 3.8) is 0 Å². The molecule has 4 fully saturated rings. The number of ether oxygens (including phenoxy) is 2. The second kappa shape index (κ2) is 17.9. The van der Waals surface area contributed by atoms with Crippen LogP contribution in [0.3, 0.4) is 0 Å². The van der Waals surface area contributed by atoms with Gasteiger partial charge in [-0.25, -0.2) is 27.0 Å². The summed E-state index contributed by atoms with van der Waals surface area (Å²) in [6, 6.07) is 7.56. The number of aliphatic hydroxyl groups is 2. The Hall–Kier alpha value is -2.99. The summed E-state index contributed by atoms with van der Waals surface area (Å²) >= 11 is 1.41. The van der Waals surface area contributed by atoms with Crippen molar-refractivity contribution in [1.82, 2.24) is 19.5 Å². The SMILES string of the molecule is CC(C)CN(C[C@@H](O)[C@H](Cc1cc(F)cc(F)c1)NC(=O)OC1C(CO)CC2COCC21)S(=O)(=O)c1ccc2nc(NC3CCN(C4CCCC4)CC3)sc2c1. The van der Waals surface area contributed by atoms with Gasteiger partial charge >= 0.3 is 6.09 Å². The van der Waals surface area contributed by atoms with E-state index >= 15 is 0 Å². The van der Waals surface area contributed by atoms with Crippen molar-refractivity contribution in [2.45, 2.75) is 100 Å². The lowest BCUT2D eigenvalue weighted by molar-refractivity contribution is 0.0146. The van der Waals surface area contributed by atoms with E-state index in [0.29, 0.717) is 41.9 Å². The molecule has 56 heavy (non-hydrogen) atoms. The van der Waals surface area contributed by atoms with Crippen LogP contribution >= 0.6 is 11.3 Å². The van der Waals surface area contributed by atoms with Crippen LogP contribution in [-0.2, 0) is 25.9 Å². The molecule has 2 saturated heterocycles. The molecule has 3 heterocycles. The number of aromatic nitrogens is 1. The van der Waals surface area contributed by atoms with E-state index in [1.165, 1.54) is 47.4 Å². The predicted octanol–water partition coefficient (Wildman–Crippen LogP) is 5.38. The second-order valence-corrected chi connectivity index (χ2v) is 19.5. The average Bonchev–Trinajstić information content (AvgIpc) is 3.97. The Bertz CT molecular complexity index is 1900. The second-order valence-electron chi connectivity index (χ2n) is 16.6. The molecule has 12 nitrogen and oxygen atoms in total. The monoisotopic (exact) mass is 819 g/mol. The number of anilines is 1. The minimum absolute atomic E-state index is 0.0404. The summed E-state index contributed by atoms with van der Waals surface area (Å²) in [5, 5.41) is 28.7. The van der Waals surface area contributed by atoms with Gasteiger partial charge in [-0.3, -0.25) is 0 Å². The van der Waals surface area contributed by atoms with Gasteiger partial charge in [-0.2, -0.15) is 4.31 Å². The number of halogens is 2. The molecule has 2 aliphatic heterocycles. The van der Waals surface area contributed by atoms with Gasteiger partial charge in [-0.15, -0.1) is 0 Å². The Morgan fingerprint density at radius 1 is 1.07 bits per heavy atom. The molecule has 16 heteroatoms. The third-order valence-electron chi connectivity index (χ3n) is 12.0. The predicted molar refractivity (Wildman–Crippen MR) is 210 cm³/mol. The van der Waals surface area contributed by atoms with Gasteiger partial charge in [-0.1, -0.05) is 38.0 Å². The lowest BCUT2D eigenvalue weighted by Crippen LogP contribution is -2.52. The zero-order valence-electron chi connectivity index (χ0n) is 32.1. The average molecular weight is 820 g/mol. The number of nitrogens with zero attached hydrogens (tertiary/aromatic N) is 3. The van der Waals surface area contributed by atoms with Crippen LogP contribution in [-0.4, -0.2) is 115 Å². The molecule has 2 aliphatic carbocycles. The van der Waals surface area contributed by atoms with Gasteiger partial charge < -0.3 is 35.2 Å². The Kier molecular flexibility index (Phi) is 13.1. The standard InChI is InChI=1S/C40H55F2N5O7S2/c1-24(2)19-47(56(51,52)32-7-8-34-37(18-32)55-39(44-34)43-30-9-11-46(12-10-30)31-5-3-4-6-31)20-36(49)35(15-25-13-28(41)17-29(42)14-25)45-40(50)54-38-26(21-48)16-27-22-53-23-33(27)38/h7-8,13-14,17-18,24,26-27,30-31,33,35-36,38,48-49H,3-6,9-12,15-16,19-23H2,1-2H3,(H,43,44)(H,45,50)/t26?,27?,33?,35-,36+,38?/m0/s1. The fraction of sp³-hybridized carbons (Fsp3) is 0.650. The van der Waals surface area contributed by atoms with Crippen molar-refractivity contribution in [2.24, 2.45) is 23.7 Å². The van der Waals surface area contributed by atoms with E-state index in [-0.39, 0.29) is 53.7 Å². The summed E-state index contributed by atoms with van der Waals surface area (Å²) in [4.78, 5) is 20.8. The van der Waals surface area contributed by atoms with E-state index in [0.717, 1.165) is 49.3 Å². The largest absolute Gasteiger partial charge is 0.445 e. The third kappa shape index (κ3) is 9.64. The van der Waals surface area contributed by atoms with Crippen LogP contribution in [0.2, 0.25) is 0 Å². The lowest BCUT2D eigenvalue weighted by Gasteiger charge is -2.36. The third-order valence-corrected chi connectivity index (χ3v) is 14.8. The van der Waals surface area contributed by atoms with Gasteiger partial charge in [0.15, 0.2) is 5.13 Å². The number of aliphatic hydroxyl groups excluding tert-OH is 2. The number of likely N-dealkylation sites (tertiary alicyclic amines) is 1. The van der Waals surface area contributed by atoms with Gasteiger partial charge in [0.2, 0.25) is 10.0 Å². The maximum Gasteiger partial charge on any atom is 0.407 e. The molecule has 0 bridgehead atoms. The van der Waals surface area contributed by atoms with Gasteiger partial charge in [0, 0.05) is 69.4 Å². The maximum absolute atomic E-state index is 14.3. The lowest BCUT2D eigenvalue weighted by atomic mass is 9.99. The molecule has 3 aromatic rings. The van der Waals surface area contributed by atoms with Crippen molar-refractivity contribution >= 4 is 42.8 Å². The number of nitrogens with one attached hydrogen (secondary N) is 2. The van der Waals surface area contributed by atoms with E-state index in [4.69, 9.17) is 14.5 Å². The molecule has 4 unspecified atom stereocenters. The van der Waals surface area contributed by atoms with Gasteiger partial charge in [0.25, 0.3) is 0 Å². The van der Waals surface area contributed by atoms with Crippen molar-refractivity contribution in [1.29, 1.82) is 0 Å². The molecule has 4 N–H and O–H groups in total. The zero-order valence-corrected chi connectivity index (χ0v) is 33.7. The van der Waals surface area contributed by atoms with Crippen LogP contribution in [0.5, 0.6) is 0 Å². The van der Waals surface area contributed by atoms with Gasteiger partial charge in [0.1, 0.15) is 17.7 Å². The molecule has 308 valence electrons. The van der Waals surface area contributed by atoms with Crippen LogP contribution in [0.25, 0.3) is 10.2 Å². The van der Waals surface area contributed by atoms with Crippen LogP contribution in [0.1, 0.15) is 64.4 Å².